The molecule has 1 N–H and O–H groups in total. The van der Waals surface area contributed by atoms with Gasteiger partial charge in [-0.3, -0.25) is 10.1 Å². The molecule has 0 aromatic carbocycles. The van der Waals surface area contributed by atoms with Crippen molar-refractivity contribution in [1.82, 2.24) is 20.2 Å². The van der Waals surface area contributed by atoms with Crippen molar-refractivity contribution in [2.45, 2.75) is 5.16 Å². The van der Waals surface area contributed by atoms with Crippen LogP contribution in [-0.2, 0) is 0 Å². The zero-order chi connectivity index (χ0) is 8.39. The Hall–Kier alpha value is -1.36. The lowest BCUT2D eigenvalue weighted by Crippen LogP contribution is -1.83. The molecule has 0 saturated heterocycles. The van der Waals surface area contributed by atoms with E-state index in [2.05, 4.69) is 32.8 Å². The molecule has 0 saturated carbocycles. The summed E-state index contributed by atoms with van der Waals surface area (Å²) in [4.78, 5) is 8.11. The van der Waals surface area contributed by atoms with Crippen LogP contribution in [0.4, 0.5) is 0 Å². The van der Waals surface area contributed by atoms with Crippen molar-refractivity contribution in [3.63, 3.8) is 0 Å². The second kappa shape index (κ2) is 2.94. The van der Waals surface area contributed by atoms with Crippen LogP contribution in [0.1, 0.15) is 0 Å². The van der Waals surface area contributed by atoms with E-state index in [1.165, 1.54) is 0 Å². The van der Waals surface area contributed by atoms with E-state index < -0.39 is 0 Å². The fraction of sp³-hybridized carbons (Fsp3) is 0. The number of nitrogens with one attached hydrogen (secondary N) is 1. The van der Waals surface area contributed by atoms with Gasteiger partial charge in [0.1, 0.15) is 5.69 Å². The first-order valence-corrected chi connectivity index (χ1v) is 3.84. The third-order valence-electron chi connectivity index (χ3n) is 1.38. The van der Waals surface area contributed by atoms with E-state index in [4.69, 9.17) is 0 Å². The van der Waals surface area contributed by atoms with Crippen LogP contribution in [0.25, 0.3) is 11.5 Å². The maximum absolute atomic E-state index is 4.09. The first kappa shape index (κ1) is 7.30. The Morgan fingerprint density at radius 2 is 2.25 bits per heavy atom. The van der Waals surface area contributed by atoms with Crippen molar-refractivity contribution in [2.75, 3.05) is 0 Å². The maximum atomic E-state index is 4.09. The van der Waals surface area contributed by atoms with Crippen LogP contribution in [0.3, 0.4) is 0 Å². The van der Waals surface area contributed by atoms with Crippen LogP contribution in [0.2, 0.25) is 0 Å². The molecule has 0 amide bonds. The van der Waals surface area contributed by atoms with Gasteiger partial charge in [0.2, 0.25) is 5.16 Å². The standard InChI is InChI=1S/C7H6N4S/c12-7-9-6(10-11-7)5-3-1-2-4-8-5/h1-4H,(H2,9,10,11,12). The lowest BCUT2D eigenvalue weighted by atomic mass is 10.3. The summed E-state index contributed by atoms with van der Waals surface area (Å²) < 4.78 is 0. The normalized spacial score (nSPS) is 10.1. The van der Waals surface area contributed by atoms with Crippen LogP contribution < -0.4 is 0 Å². The second-order valence-corrected chi connectivity index (χ2v) is 2.60. The van der Waals surface area contributed by atoms with Crippen molar-refractivity contribution >= 4 is 12.6 Å². The van der Waals surface area contributed by atoms with E-state index in [0.29, 0.717) is 11.0 Å². The van der Waals surface area contributed by atoms with E-state index >= 15 is 0 Å². The smallest absolute Gasteiger partial charge is 0.205 e. The number of aromatic amines is 1. The number of hydrogen-bond acceptors (Lipinski definition) is 4. The molecule has 0 unspecified atom stereocenters. The minimum Gasteiger partial charge on any atom is -0.257 e. The number of pyridine rings is 1. The summed E-state index contributed by atoms with van der Waals surface area (Å²) in [5.74, 6) is 0.639. The summed E-state index contributed by atoms with van der Waals surface area (Å²) in [5, 5.41) is 6.93. The van der Waals surface area contributed by atoms with Crippen molar-refractivity contribution < 1.29 is 0 Å². The molecule has 0 aliphatic carbocycles. The minimum atomic E-state index is 0.427. The molecular weight excluding hydrogens is 172 g/mol. The maximum Gasteiger partial charge on any atom is 0.205 e. The third kappa shape index (κ3) is 1.31. The number of thiol groups is 1. The summed E-state index contributed by atoms with van der Waals surface area (Å²) >= 11 is 3.97. The number of aromatic nitrogens is 4. The Kier molecular flexibility index (Phi) is 1.79. The molecular formula is C7H6N4S. The lowest BCUT2D eigenvalue weighted by molar-refractivity contribution is 0.980. The fourth-order valence-electron chi connectivity index (χ4n) is 0.870. The first-order valence-electron chi connectivity index (χ1n) is 3.39. The summed E-state index contributed by atoms with van der Waals surface area (Å²) in [6.07, 6.45) is 1.70. The van der Waals surface area contributed by atoms with Gasteiger partial charge in [-0.05, 0) is 12.1 Å². The highest BCUT2D eigenvalue weighted by molar-refractivity contribution is 7.80. The predicted octanol–water partition coefficient (Wildman–Crippen LogP) is 1.16. The molecule has 0 fully saturated rings. The largest absolute Gasteiger partial charge is 0.257 e. The summed E-state index contributed by atoms with van der Waals surface area (Å²) in [7, 11) is 0. The number of nitrogens with zero attached hydrogens (tertiary/aromatic N) is 3. The molecule has 0 bridgehead atoms. The monoisotopic (exact) mass is 178 g/mol. The van der Waals surface area contributed by atoms with Crippen LogP contribution in [0.5, 0.6) is 0 Å². The lowest BCUT2D eigenvalue weighted by Gasteiger charge is -1.90. The average Bonchev–Trinajstić information content (AvgIpc) is 2.54. The van der Waals surface area contributed by atoms with Gasteiger partial charge in [0, 0.05) is 6.20 Å². The molecule has 0 radical (unpaired) electrons. The Bertz CT molecular complexity index is 370. The number of H-pyrrole nitrogens is 1. The van der Waals surface area contributed by atoms with Gasteiger partial charge < -0.3 is 0 Å². The molecule has 60 valence electrons. The highest BCUT2D eigenvalue weighted by atomic mass is 32.1. The summed E-state index contributed by atoms with van der Waals surface area (Å²) in [5.41, 5.74) is 0.769. The first-order chi connectivity index (χ1) is 5.86. The van der Waals surface area contributed by atoms with E-state index in [0.717, 1.165) is 5.69 Å². The molecule has 2 aromatic heterocycles. The van der Waals surface area contributed by atoms with Gasteiger partial charge in [0.25, 0.3) is 0 Å². The van der Waals surface area contributed by atoms with Crippen molar-refractivity contribution in [1.29, 1.82) is 0 Å². The third-order valence-corrected chi connectivity index (χ3v) is 1.58. The van der Waals surface area contributed by atoms with Gasteiger partial charge in [-0.1, -0.05) is 6.07 Å². The van der Waals surface area contributed by atoms with Gasteiger partial charge >= 0.3 is 0 Å². The fourth-order valence-corrected chi connectivity index (χ4v) is 1.02. The molecule has 0 aliphatic heterocycles. The van der Waals surface area contributed by atoms with Crippen molar-refractivity contribution in [3.05, 3.63) is 24.4 Å². The van der Waals surface area contributed by atoms with Gasteiger partial charge in [-0.25, -0.2) is 4.98 Å². The van der Waals surface area contributed by atoms with Crippen LogP contribution in [0.15, 0.2) is 29.6 Å². The van der Waals surface area contributed by atoms with Crippen LogP contribution in [-0.4, -0.2) is 20.2 Å². The molecule has 2 rings (SSSR count). The van der Waals surface area contributed by atoms with E-state index in [1.54, 1.807) is 6.20 Å². The van der Waals surface area contributed by atoms with Gasteiger partial charge in [-0.2, -0.15) is 0 Å². The predicted molar refractivity (Wildman–Crippen MR) is 46.9 cm³/mol. The summed E-state index contributed by atoms with van der Waals surface area (Å²) in [6, 6.07) is 5.60. The van der Waals surface area contributed by atoms with Gasteiger partial charge in [-0.15, -0.1) is 17.7 Å². The minimum absolute atomic E-state index is 0.427. The SMILES string of the molecule is Sc1n[nH]c(-c2ccccn2)n1. The second-order valence-electron chi connectivity index (χ2n) is 2.20. The Morgan fingerprint density at radius 1 is 1.33 bits per heavy atom. The molecule has 0 aliphatic rings. The van der Waals surface area contributed by atoms with Gasteiger partial charge in [0.05, 0.1) is 0 Å². The number of rotatable bonds is 1. The zero-order valence-corrected chi connectivity index (χ0v) is 6.99. The zero-order valence-electron chi connectivity index (χ0n) is 6.10. The van der Waals surface area contributed by atoms with Crippen molar-refractivity contribution in [3.8, 4) is 11.5 Å². The molecule has 4 nitrogen and oxygen atoms in total. The highest BCUT2D eigenvalue weighted by Crippen LogP contribution is 2.10. The summed E-state index contributed by atoms with van der Waals surface area (Å²) in [6.45, 7) is 0. The van der Waals surface area contributed by atoms with Crippen LogP contribution >= 0.6 is 12.6 Å². The average molecular weight is 178 g/mol. The Morgan fingerprint density at radius 3 is 2.83 bits per heavy atom. The Labute approximate surface area is 74.5 Å². The van der Waals surface area contributed by atoms with E-state index in [9.17, 15) is 0 Å². The van der Waals surface area contributed by atoms with Gasteiger partial charge in [0.15, 0.2) is 5.82 Å². The highest BCUT2D eigenvalue weighted by Gasteiger charge is 2.01. The molecule has 0 spiro atoms. The topological polar surface area (TPSA) is 54.5 Å². The quantitative estimate of drug-likeness (QED) is 0.644. The van der Waals surface area contributed by atoms with Crippen molar-refractivity contribution in [2.24, 2.45) is 0 Å². The van der Waals surface area contributed by atoms with E-state index in [-0.39, 0.29) is 0 Å². The molecule has 12 heavy (non-hydrogen) atoms. The van der Waals surface area contributed by atoms with E-state index in [1.807, 2.05) is 18.2 Å². The molecule has 2 heterocycles. The Balaban J connectivity index is 2.45. The number of hydrogen-bond donors (Lipinski definition) is 2. The molecule has 5 heteroatoms. The molecule has 0 atom stereocenters. The molecule has 2 aromatic rings. The van der Waals surface area contributed by atoms with Crippen LogP contribution in [0, 0.1) is 0 Å².